The van der Waals surface area contributed by atoms with E-state index >= 15 is 0 Å². The van der Waals surface area contributed by atoms with Crippen LogP contribution >= 0.6 is 11.3 Å². The molecule has 2 aromatic heterocycles. The molecular formula is C17H17N3O2S. The number of rotatable bonds is 4. The Morgan fingerprint density at radius 1 is 1.35 bits per heavy atom. The molecule has 23 heavy (non-hydrogen) atoms. The highest BCUT2D eigenvalue weighted by molar-refractivity contribution is 7.11. The van der Waals surface area contributed by atoms with Crippen molar-refractivity contribution in [3.63, 3.8) is 0 Å². The summed E-state index contributed by atoms with van der Waals surface area (Å²) in [5, 5.41) is 3.62. The average Bonchev–Trinajstić information content (AvgIpc) is 3.19. The third kappa shape index (κ3) is 2.98. The number of benzene rings is 1. The van der Waals surface area contributed by atoms with Crippen LogP contribution in [-0.4, -0.2) is 42.0 Å². The molecule has 2 heterocycles. The highest BCUT2D eigenvalue weighted by atomic mass is 32.1. The minimum Gasteiger partial charge on any atom is -0.464 e. The number of carbonyl (C=O) groups is 1. The molecule has 0 radical (unpaired) electrons. The second-order valence-corrected chi connectivity index (χ2v) is 6.14. The molecular weight excluding hydrogens is 310 g/mol. The molecule has 118 valence electrons. The van der Waals surface area contributed by atoms with Gasteiger partial charge in [-0.3, -0.25) is 0 Å². The van der Waals surface area contributed by atoms with Crippen LogP contribution in [0, 0.1) is 0 Å². The predicted molar refractivity (Wildman–Crippen MR) is 92.5 cm³/mol. The number of hydrogen-bond donors (Lipinski definition) is 1. The topological polar surface area (TPSA) is 58.2 Å². The molecule has 3 aromatic rings. The van der Waals surface area contributed by atoms with Gasteiger partial charge in [0.15, 0.2) is 5.69 Å². The second-order valence-electron chi connectivity index (χ2n) is 5.28. The van der Waals surface area contributed by atoms with Crippen molar-refractivity contribution in [2.45, 2.75) is 0 Å². The van der Waals surface area contributed by atoms with E-state index in [0.717, 1.165) is 27.0 Å². The summed E-state index contributed by atoms with van der Waals surface area (Å²) in [6.07, 6.45) is 3.98. The Labute approximate surface area is 138 Å². The number of nitrogens with zero attached hydrogens (tertiary/aromatic N) is 2. The van der Waals surface area contributed by atoms with Gasteiger partial charge in [-0.2, -0.15) is 0 Å². The number of hydrogen-bond acceptors (Lipinski definition) is 5. The SMILES string of the molecule is COC(=O)c1csc(/C(=C\N(C)C)c2c[nH]c3ccccc23)n1. The van der Waals surface area contributed by atoms with Crippen molar-refractivity contribution in [3.8, 4) is 0 Å². The first-order valence-corrected chi connectivity index (χ1v) is 7.97. The molecule has 5 nitrogen and oxygen atoms in total. The number of H-pyrrole nitrogens is 1. The highest BCUT2D eigenvalue weighted by Crippen LogP contribution is 2.32. The van der Waals surface area contributed by atoms with Gasteiger partial charge in [-0.15, -0.1) is 11.3 Å². The van der Waals surface area contributed by atoms with E-state index in [0.29, 0.717) is 5.69 Å². The number of fused-ring (bicyclic) bond motifs is 1. The summed E-state index contributed by atoms with van der Waals surface area (Å²) < 4.78 is 4.74. The van der Waals surface area contributed by atoms with Crippen molar-refractivity contribution in [1.82, 2.24) is 14.9 Å². The lowest BCUT2D eigenvalue weighted by Crippen LogP contribution is -2.04. The lowest BCUT2D eigenvalue weighted by atomic mass is 10.1. The fourth-order valence-corrected chi connectivity index (χ4v) is 3.20. The maximum absolute atomic E-state index is 11.7. The van der Waals surface area contributed by atoms with Gasteiger partial charge in [-0.05, 0) is 6.07 Å². The molecule has 0 bridgehead atoms. The minimum absolute atomic E-state index is 0.331. The summed E-state index contributed by atoms with van der Waals surface area (Å²) in [4.78, 5) is 21.3. The van der Waals surface area contributed by atoms with Crippen molar-refractivity contribution >= 4 is 33.8 Å². The van der Waals surface area contributed by atoms with Crippen molar-refractivity contribution in [3.05, 3.63) is 58.3 Å². The molecule has 6 heteroatoms. The van der Waals surface area contributed by atoms with Gasteiger partial charge in [-0.1, -0.05) is 18.2 Å². The number of methoxy groups -OCH3 is 1. The number of thiazole rings is 1. The first-order chi connectivity index (χ1) is 11.1. The van der Waals surface area contributed by atoms with E-state index in [2.05, 4.69) is 16.0 Å². The van der Waals surface area contributed by atoms with Crippen molar-refractivity contribution in [1.29, 1.82) is 0 Å². The van der Waals surface area contributed by atoms with Crippen LogP contribution in [0.1, 0.15) is 21.1 Å². The van der Waals surface area contributed by atoms with E-state index in [1.54, 1.807) is 5.38 Å². The van der Waals surface area contributed by atoms with Gasteiger partial charge >= 0.3 is 5.97 Å². The Kier molecular flexibility index (Phi) is 4.16. The highest BCUT2D eigenvalue weighted by Gasteiger charge is 2.17. The maximum Gasteiger partial charge on any atom is 0.357 e. The smallest absolute Gasteiger partial charge is 0.357 e. The van der Waals surface area contributed by atoms with Crippen molar-refractivity contribution in [2.75, 3.05) is 21.2 Å². The maximum atomic E-state index is 11.7. The van der Waals surface area contributed by atoms with Crippen LogP contribution in [-0.2, 0) is 4.74 Å². The molecule has 0 amide bonds. The molecule has 0 saturated heterocycles. The first-order valence-electron chi connectivity index (χ1n) is 7.09. The molecule has 0 fully saturated rings. The molecule has 1 aromatic carbocycles. The second kappa shape index (κ2) is 6.26. The standard InChI is InChI=1S/C17H17N3O2S/c1-20(2)9-13(16-19-15(10-23-16)17(21)22-3)12-8-18-14-7-5-4-6-11(12)14/h4-10,18H,1-3H3/b13-9-. The van der Waals surface area contributed by atoms with Crippen molar-refractivity contribution in [2.24, 2.45) is 0 Å². The molecule has 0 unspecified atom stereocenters. The average molecular weight is 327 g/mol. The van der Waals surface area contributed by atoms with Crippen LogP contribution in [0.15, 0.2) is 42.0 Å². The van der Waals surface area contributed by atoms with E-state index in [4.69, 9.17) is 4.74 Å². The van der Waals surface area contributed by atoms with Crippen LogP contribution in [0.2, 0.25) is 0 Å². The monoisotopic (exact) mass is 327 g/mol. The predicted octanol–water partition coefficient (Wildman–Crippen LogP) is 3.36. The summed E-state index contributed by atoms with van der Waals surface area (Å²) in [5.74, 6) is -0.421. The molecule has 0 saturated carbocycles. The molecule has 3 rings (SSSR count). The Morgan fingerprint density at radius 2 is 2.13 bits per heavy atom. The zero-order valence-corrected chi connectivity index (χ0v) is 14.0. The van der Waals surface area contributed by atoms with Crippen LogP contribution in [0.4, 0.5) is 0 Å². The minimum atomic E-state index is -0.421. The number of aromatic nitrogens is 2. The van der Waals surface area contributed by atoms with Gasteiger partial charge in [0, 0.05) is 53.9 Å². The fraction of sp³-hybridized carbons (Fsp3) is 0.176. The molecule has 1 N–H and O–H groups in total. The number of esters is 1. The Balaban J connectivity index is 2.12. The number of aromatic amines is 1. The first kappa shape index (κ1) is 15.3. The van der Waals surface area contributed by atoms with E-state index in [1.165, 1.54) is 18.4 Å². The van der Waals surface area contributed by atoms with Gasteiger partial charge in [-0.25, -0.2) is 9.78 Å². The quantitative estimate of drug-likeness (QED) is 0.747. The summed E-state index contributed by atoms with van der Waals surface area (Å²) in [5.41, 5.74) is 3.42. The van der Waals surface area contributed by atoms with Crippen molar-refractivity contribution < 1.29 is 9.53 Å². The summed E-state index contributed by atoms with van der Waals surface area (Å²) in [6, 6.07) is 8.11. The summed E-state index contributed by atoms with van der Waals surface area (Å²) in [7, 11) is 5.28. The van der Waals surface area contributed by atoms with Crippen LogP contribution in [0.3, 0.4) is 0 Å². The molecule has 0 aliphatic rings. The van der Waals surface area contributed by atoms with E-state index in [1.807, 2.05) is 49.6 Å². The zero-order chi connectivity index (χ0) is 16.4. The van der Waals surface area contributed by atoms with Gasteiger partial charge in [0.2, 0.25) is 0 Å². The Morgan fingerprint density at radius 3 is 2.87 bits per heavy atom. The lowest BCUT2D eigenvalue weighted by Gasteiger charge is -2.09. The summed E-state index contributed by atoms with van der Waals surface area (Å²) in [6.45, 7) is 0. The van der Waals surface area contributed by atoms with Crippen LogP contribution in [0.25, 0.3) is 16.5 Å². The van der Waals surface area contributed by atoms with Gasteiger partial charge in [0.25, 0.3) is 0 Å². The molecule has 0 aliphatic heterocycles. The third-order valence-corrected chi connectivity index (χ3v) is 4.27. The van der Waals surface area contributed by atoms with Crippen LogP contribution < -0.4 is 0 Å². The fourth-order valence-electron chi connectivity index (χ4n) is 2.39. The lowest BCUT2D eigenvalue weighted by molar-refractivity contribution is 0.0595. The number of para-hydroxylation sites is 1. The number of carbonyl (C=O) groups excluding carboxylic acids is 1. The van der Waals surface area contributed by atoms with Gasteiger partial charge in [0.05, 0.1) is 7.11 Å². The zero-order valence-electron chi connectivity index (χ0n) is 13.2. The Hall–Kier alpha value is -2.60. The normalized spacial score (nSPS) is 11.7. The third-order valence-electron chi connectivity index (χ3n) is 3.40. The molecule has 0 spiro atoms. The van der Waals surface area contributed by atoms with Gasteiger partial charge in [0.1, 0.15) is 5.01 Å². The number of nitrogens with one attached hydrogen (secondary N) is 1. The van der Waals surface area contributed by atoms with E-state index in [9.17, 15) is 4.79 Å². The van der Waals surface area contributed by atoms with Crippen LogP contribution in [0.5, 0.6) is 0 Å². The van der Waals surface area contributed by atoms with E-state index < -0.39 is 5.97 Å². The number of ether oxygens (including phenoxy) is 1. The Bertz CT molecular complexity index is 877. The van der Waals surface area contributed by atoms with Gasteiger partial charge < -0.3 is 14.6 Å². The molecule has 0 aliphatic carbocycles. The summed E-state index contributed by atoms with van der Waals surface area (Å²) >= 11 is 1.43. The van der Waals surface area contributed by atoms with E-state index in [-0.39, 0.29) is 0 Å². The molecule has 0 atom stereocenters. The largest absolute Gasteiger partial charge is 0.464 e.